The molecule has 0 saturated carbocycles. The highest BCUT2D eigenvalue weighted by atomic mass is 35.5. The highest BCUT2D eigenvalue weighted by Gasteiger charge is 2.15. The van der Waals surface area contributed by atoms with Crippen molar-refractivity contribution in [1.29, 1.82) is 0 Å². The molecular formula is C19H22ClN3O2. The topological polar surface area (TPSA) is 62.3 Å². The van der Waals surface area contributed by atoms with Gasteiger partial charge in [-0.2, -0.15) is 0 Å². The van der Waals surface area contributed by atoms with E-state index in [0.29, 0.717) is 23.7 Å². The molecule has 1 aromatic heterocycles. The van der Waals surface area contributed by atoms with Crippen LogP contribution in [-0.4, -0.2) is 35.3 Å². The highest BCUT2D eigenvalue weighted by Crippen LogP contribution is 2.10. The number of hydrogen-bond donors (Lipinski definition) is 1. The summed E-state index contributed by atoms with van der Waals surface area (Å²) < 4.78 is 0. The number of unbranched alkanes of at least 4 members (excludes halogenated alkanes) is 1. The number of nitrogens with one attached hydrogen (secondary N) is 1. The fourth-order valence-corrected chi connectivity index (χ4v) is 2.39. The molecule has 2 aromatic rings. The molecule has 25 heavy (non-hydrogen) atoms. The van der Waals surface area contributed by atoms with Gasteiger partial charge in [0.15, 0.2) is 0 Å². The van der Waals surface area contributed by atoms with Crippen LogP contribution in [0.25, 0.3) is 0 Å². The summed E-state index contributed by atoms with van der Waals surface area (Å²) in [6.07, 6.45) is 3.43. The summed E-state index contributed by atoms with van der Waals surface area (Å²) in [6.45, 7) is 3.13. The molecule has 0 aliphatic rings. The van der Waals surface area contributed by atoms with Gasteiger partial charge in [0, 0.05) is 36.9 Å². The van der Waals surface area contributed by atoms with Gasteiger partial charge in [-0.1, -0.05) is 37.1 Å². The second-order valence-corrected chi connectivity index (χ2v) is 6.26. The Balaban J connectivity index is 2.00. The van der Waals surface area contributed by atoms with E-state index in [1.165, 1.54) is 12.3 Å². The Kier molecular flexibility index (Phi) is 6.95. The second-order valence-electron chi connectivity index (χ2n) is 5.82. The van der Waals surface area contributed by atoms with Gasteiger partial charge in [-0.25, -0.2) is 0 Å². The summed E-state index contributed by atoms with van der Waals surface area (Å²) >= 11 is 5.84. The maximum atomic E-state index is 12.4. The number of aromatic nitrogens is 1. The number of carbonyl (C=O) groups is 2. The van der Waals surface area contributed by atoms with Crippen molar-refractivity contribution in [3.8, 4) is 0 Å². The first-order valence-electron chi connectivity index (χ1n) is 8.25. The van der Waals surface area contributed by atoms with Crippen LogP contribution in [0.5, 0.6) is 0 Å². The molecule has 5 nitrogen and oxygen atoms in total. The van der Waals surface area contributed by atoms with Crippen molar-refractivity contribution in [2.75, 3.05) is 13.6 Å². The van der Waals surface area contributed by atoms with Gasteiger partial charge in [0.05, 0.1) is 0 Å². The summed E-state index contributed by atoms with van der Waals surface area (Å²) in [4.78, 5) is 30.4. The number of nitrogens with zero attached hydrogens (tertiary/aromatic N) is 2. The molecule has 132 valence electrons. The molecule has 6 heteroatoms. The number of carbonyl (C=O) groups excluding carboxylic acids is 2. The van der Waals surface area contributed by atoms with Crippen molar-refractivity contribution >= 4 is 23.4 Å². The molecule has 2 amide bonds. The van der Waals surface area contributed by atoms with E-state index in [2.05, 4.69) is 17.2 Å². The molecule has 1 N–H and O–H groups in total. The van der Waals surface area contributed by atoms with Crippen LogP contribution in [0.1, 0.15) is 46.2 Å². The molecule has 1 aromatic carbocycles. The molecular weight excluding hydrogens is 338 g/mol. The van der Waals surface area contributed by atoms with Crippen LogP contribution in [0.4, 0.5) is 0 Å². The summed E-state index contributed by atoms with van der Waals surface area (Å²) in [5.74, 6) is -0.427. The Labute approximate surface area is 153 Å². The zero-order valence-corrected chi connectivity index (χ0v) is 15.2. The van der Waals surface area contributed by atoms with E-state index in [4.69, 9.17) is 11.6 Å². The smallest absolute Gasteiger partial charge is 0.272 e. The Morgan fingerprint density at radius 1 is 1.20 bits per heavy atom. The van der Waals surface area contributed by atoms with Gasteiger partial charge in [-0.3, -0.25) is 14.6 Å². The van der Waals surface area contributed by atoms with Gasteiger partial charge in [-0.15, -0.1) is 0 Å². The van der Waals surface area contributed by atoms with E-state index in [-0.39, 0.29) is 17.5 Å². The van der Waals surface area contributed by atoms with Crippen molar-refractivity contribution in [3.05, 3.63) is 64.4 Å². The van der Waals surface area contributed by atoms with Crippen molar-refractivity contribution in [2.45, 2.75) is 26.3 Å². The van der Waals surface area contributed by atoms with E-state index in [9.17, 15) is 9.59 Å². The average molecular weight is 360 g/mol. The van der Waals surface area contributed by atoms with Crippen LogP contribution in [0, 0.1) is 0 Å². The maximum Gasteiger partial charge on any atom is 0.272 e. The van der Waals surface area contributed by atoms with Crippen LogP contribution in [0.15, 0.2) is 42.6 Å². The first kappa shape index (κ1) is 18.9. The third kappa shape index (κ3) is 5.57. The number of amides is 2. The van der Waals surface area contributed by atoms with E-state index in [1.54, 1.807) is 30.1 Å². The fourth-order valence-electron chi connectivity index (χ4n) is 2.27. The van der Waals surface area contributed by atoms with E-state index < -0.39 is 0 Å². The number of benzene rings is 1. The van der Waals surface area contributed by atoms with Crippen molar-refractivity contribution in [2.24, 2.45) is 0 Å². The average Bonchev–Trinajstić information content (AvgIpc) is 2.64. The standard InChI is InChI=1S/C19H22ClN3O2/c1-3-4-11-23(2)19(25)17-12-15(9-10-21-17)18(24)22-13-14-5-7-16(20)8-6-14/h5-10,12H,3-4,11,13H2,1-2H3,(H,22,24). The Morgan fingerprint density at radius 2 is 1.92 bits per heavy atom. The number of hydrogen-bond acceptors (Lipinski definition) is 3. The van der Waals surface area contributed by atoms with Crippen LogP contribution in [0.3, 0.4) is 0 Å². The molecule has 2 rings (SSSR count). The molecule has 0 radical (unpaired) electrons. The summed E-state index contributed by atoms with van der Waals surface area (Å²) in [5.41, 5.74) is 1.64. The predicted molar refractivity (Wildman–Crippen MR) is 98.7 cm³/mol. The lowest BCUT2D eigenvalue weighted by molar-refractivity contribution is 0.0787. The lowest BCUT2D eigenvalue weighted by atomic mass is 10.2. The van der Waals surface area contributed by atoms with Gasteiger partial charge >= 0.3 is 0 Å². The number of rotatable bonds is 7. The monoisotopic (exact) mass is 359 g/mol. The third-order valence-corrected chi connectivity index (χ3v) is 4.05. The number of halogens is 1. The van der Waals surface area contributed by atoms with Crippen molar-refractivity contribution in [3.63, 3.8) is 0 Å². The van der Waals surface area contributed by atoms with Crippen molar-refractivity contribution in [1.82, 2.24) is 15.2 Å². The highest BCUT2D eigenvalue weighted by molar-refractivity contribution is 6.30. The number of pyridine rings is 1. The van der Waals surface area contributed by atoms with E-state index in [1.807, 2.05) is 12.1 Å². The van der Waals surface area contributed by atoms with Gasteiger partial charge in [0.25, 0.3) is 11.8 Å². The first-order chi connectivity index (χ1) is 12.0. The fraction of sp³-hybridized carbons (Fsp3) is 0.316. The van der Waals surface area contributed by atoms with Gasteiger partial charge in [-0.05, 0) is 36.2 Å². The van der Waals surface area contributed by atoms with Crippen molar-refractivity contribution < 1.29 is 9.59 Å². The SMILES string of the molecule is CCCCN(C)C(=O)c1cc(C(=O)NCc2ccc(Cl)cc2)ccn1. The molecule has 0 saturated heterocycles. The molecule has 0 fully saturated rings. The Morgan fingerprint density at radius 3 is 2.60 bits per heavy atom. The molecule has 0 aliphatic carbocycles. The van der Waals surface area contributed by atoms with Crippen LogP contribution in [0.2, 0.25) is 5.02 Å². The van der Waals surface area contributed by atoms with E-state index >= 15 is 0 Å². The maximum absolute atomic E-state index is 12.4. The van der Waals surface area contributed by atoms with Crippen LogP contribution in [-0.2, 0) is 6.54 Å². The lowest BCUT2D eigenvalue weighted by Crippen LogP contribution is -2.29. The summed E-state index contributed by atoms with van der Waals surface area (Å²) in [7, 11) is 1.74. The zero-order chi connectivity index (χ0) is 18.2. The first-order valence-corrected chi connectivity index (χ1v) is 8.63. The molecule has 0 atom stereocenters. The van der Waals surface area contributed by atoms with E-state index in [0.717, 1.165) is 18.4 Å². The largest absolute Gasteiger partial charge is 0.348 e. The Bertz CT molecular complexity index is 732. The summed E-state index contributed by atoms with van der Waals surface area (Å²) in [6, 6.07) is 10.4. The normalized spacial score (nSPS) is 10.4. The third-order valence-electron chi connectivity index (χ3n) is 3.80. The van der Waals surface area contributed by atoms with Gasteiger partial charge < -0.3 is 10.2 Å². The zero-order valence-electron chi connectivity index (χ0n) is 14.5. The minimum atomic E-state index is -0.248. The molecule has 1 heterocycles. The van der Waals surface area contributed by atoms with Crippen LogP contribution >= 0.6 is 11.6 Å². The molecule has 0 unspecified atom stereocenters. The second kappa shape index (κ2) is 9.18. The quantitative estimate of drug-likeness (QED) is 0.822. The van der Waals surface area contributed by atoms with Gasteiger partial charge in [0.1, 0.15) is 5.69 Å². The summed E-state index contributed by atoms with van der Waals surface area (Å²) in [5, 5.41) is 3.48. The lowest BCUT2D eigenvalue weighted by Gasteiger charge is -2.16. The predicted octanol–water partition coefficient (Wildman–Crippen LogP) is 3.54. The minimum absolute atomic E-state index is 0.180. The van der Waals surface area contributed by atoms with Gasteiger partial charge in [0.2, 0.25) is 0 Å². The molecule has 0 spiro atoms. The Hall–Kier alpha value is -2.40. The minimum Gasteiger partial charge on any atom is -0.348 e. The molecule has 0 bridgehead atoms. The molecule has 0 aliphatic heterocycles. The van der Waals surface area contributed by atoms with Crippen LogP contribution < -0.4 is 5.32 Å².